The first kappa shape index (κ1) is 20.1. The Bertz CT molecular complexity index is 536. The van der Waals surface area contributed by atoms with E-state index in [4.69, 9.17) is 4.74 Å². The first-order valence-corrected chi connectivity index (χ1v) is 9.54. The maximum atomic E-state index is 5.46. The van der Waals surface area contributed by atoms with Crippen molar-refractivity contribution in [3.8, 4) is 0 Å². The van der Waals surface area contributed by atoms with Crippen molar-refractivity contribution in [2.75, 3.05) is 44.7 Å². The van der Waals surface area contributed by atoms with Crippen LogP contribution in [-0.2, 0) is 4.74 Å². The Kier molecular flexibility index (Phi) is 6.80. The third-order valence-electron chi connectivity index (χ3n) is 4.71. The van der Waals surface area contributed by atoms with E-state index in [0.29, 0.717) is 5.92 Å². The van der Waals surface area contributed by atoms with Crippen LogP contribution in [0.25, 0.3) is 0 Å². The Hall–Kier alpha value is -1.20. The number of ether oxygens (including phenoxy) is 1. The second kappa shape index (κ2) is 8.45. The molecule has 0 atom stereocenters. The van der Waals surface area contributed by atoms with E-state index >= 15 is 0 Å². The van der Waals surface area contributed by atoms with Crippen molar-refractivity contribution < 1.29 is 4.74 Å². The van der Waals surface area contributed by atoms with Gasteiger partial charge in [-0.2, -0.15) is 0 Å². The average Bonchev–Trinajstić information content (AvgIpc) is 2.53. The molecule has 1 aromatic heterocycles. The van der Waals surface area contributed by atoms with Crippen molar-refractivity contribution in [2.24, 2.45) is 10.8 Å². The van der Waals surface area contributed by atoms with Crippen molar-refractivity contribution in [2.45, 2.75) is 53.9 Å². The molecular formula is C20H36N4O. The SMILES string of the molecule is CC(C)c1ccnc(NCC(C)(C)CC(C)(C)CN2CCOCC2)n1. The highest BCUT2D eigenvalue weighted by Crippen LogP contribution is 2.34. The van der Waals surface area contributed by atoms with Crippen LogP contribution in [0.2, 0.25) is 0 Å². The van der Waals surface area contributed by atoms with Gasteiger partial charge in [-0.3, -0.25) is 4.90 Å². The highest BCUT2D eigenvalue weighted by atomic mass is 16.5. The predicted octanol–water partition coefficient (Wildman–Crippen LogP) is 3.79. The van der Waals surface area contributed by atoms with E-state index in [2.05, 4.69) is 61.7 Å². The summed E-state index contributed by atoms with van der Waals surface area (Å²) in [5.74, 6) is 1.16. The van der Waals surface area contributed by atoms with Gasteiger partial charge in [-0.15, -0.1) is 0 Å². The zero-order valence-electron chi connectivity index (χ0n) is 16.9. The van der Waals surface area contributed by atoms with Crippen molar-refractivity contribution in [1.29, 1.82) is 0 Å². The number of rotatable bonds is 8. The number of nitrogens with zero attached hydrogens (tertiary/aromatic N) is 3. The molecule has 1 fully saturated rings. The minimum atomic E-state index is 0.174. The molecule has 25 heavy (non-hydrogen) atoms. The fourth-order valence-corrected chi connectivity index (χ4v) is 3.88. The second-order valence-electron chi connectivity index (χ2n) is 9.21. The van der Waals surface area contributed by atoms with Crippen LogP contribution in [0.5, 0.6) is 0 Å². The minimum absolute atomic E-state index is 0.174. The molecule has 0 aliphatic carbocycles. The van der Waals surface area contributed by atoms with E-state index in [-0.39, 0.29) is 10.8 Å². The molecule has 2 rings (SSSR count). The molecule has 0 aromatic carbocycles. The van der Waals surface area contributed by atoms with Gasteiger partial charge in [0, 0.05) is 38.1 Å². The summed E-state index contributed by atoms with van der Waals surface area (Å²) < 4.78 is 5.46. The summed E-state index contributed by atoms with van der Waals surface area (Å²) in [4.78, 5) is 11.5. The number of morpholine rings is 1. The highest BCUT2D eigenvalue weighted by molar-refractivity contribution is 5.26. The molecule has 142 valence electrons. The van der Waals surface area contributed by atoms with E-state index in [0.717, 1.165) is 57.5 Å². The van der Waals surface area contributed by atoms with E-state index in [9.17, 15) is 0 Å². The number of hydrogen-bond acceptors (Lipinski definition) is 5. The third-order valence-corrected chi connectivity index (χ3v) is 4.71. The lowest BCUT2D eigenvalue weighted by Gasteiger charge is -2.39. The molecule has 5 nitrogen and oxygen atoms in total. The van der Waals surface area contributed by atoms with Gasteiger partial charge in [-0.05, 0) is 29.2 Å². The summed E-state index contributed by atoms with van der Waals surface area (Å²) in [7, 11) is 0. The van der Waals surface area contributed by atoms with E-state index in [1.54, 1.807) is 0 Å². The van der Waals surface area contributed by atoms with Gasteiger partial charge in [0.25, 0.3) is 0 Å². The van der Waals surface area contributed by atoms with Crippen LogP contribution < -0.4 is 5.32 Å². The number of hydrogen-bond donors (Lipinski definition) is 1. The van der Waals surface area contributed by atoms with Gasteiger partial charge < -0.3 is 10.1 Å². The van der Waals surface area contributed by atoms with E-state index < -0.39 is 0 Å². The Morgan fingerprint density at radius 2 is 1.84 bits per heavy atom. The fraction of sp³-hybridized carbons (Fsp3) is 0.800. The van der Waals surface area contributed by atoms with Crippen LogP contribution >= 0.6 is 0 Å². The maximum absolute atomic E-state index is 5.46. The predicted molar refractivity (Wildman–Crippen MR) is 104 cm³/mol. The zero-order chi connectivity index (χ0) is 18.5. The van der Waals surface area contributed by atoms with Crippen molar-refractivity contribution >= 4 is 5.95 Å². The van der Waals surface area contributed by atoms with Crippen LogP contribution in [-0.4, -0.2) is 54.3 Å². The molecule has 0 amide bonds. The van der Waals surface area contributed by atoms with Gasteiger partial charge in [-0.1, -0.05) is 41.5 Å². The molecule has 1 aliphatic rings. The molecule has 1 saturated heterocycles. The molecule has 5 heteroatoms. The Morgan fingerprint density at radius 1 is 1.16 bits per heavy atom. The Balaban J connectivity index is 1.88. The minimum Gasteiger partial charge on any atom is -0.379 e. The van der Waals surface area contributed by atoms with E-state index in [1.807, 2.05) is 12.3 Å². The summed E-state index contributed by atoms with van der Waals surface area (Å²) in [6.45, 7) is 19.6. The lowest BCUT2D eigenvalue weighted by Crippen LogP contribution is -2.43. The zero-order valence-corrected chi connectivity index (χ0v) is 16.9. The van der Waals surface area contributed by atoms with E-state index in [1.165, 1.54) is 0 Å². The van der Waals surface area contributed by atoms with Crippen molar-refractivity contribution in [3.05, 3.63) is 18.0 Å². The molecule has 0 radical (unpaired) electrons. The molecule has 0 saturated carbocycles. The largest absolute Gasteiger partial charge is 0.379 e. The summed E-state index contributed by atoms with van der Waals surface area (Å²) in [5.41, 5.74) is 1.53. The highest BCUT2D eigenvalue weighted by Gasteiger charge is 2.31. The molecular weight excluding hydrogens is 312 g/mol. The smallest absolute Gasteiger partial charge is 0.222 e. The first-order chi connectivity index (χ1) is 11.7. The Morgan fingerprint density at radius 3 is 2.48 bits per heavy atom. The maximum Gasteiger partial charge on any atom is 0.222 e. The molecule has 1 aliphatic heterocycles. The number of anilines is 1. The lowest BCUT2D eigenvalue weighted by atomic mass is 9.74. The number of aromatic nitrogens is 2. The molecule has 2 heterocycles. The molecule has 0 spiro atoms. The average molecular weight is 349 g/mol. The number of nitrogens with one attached hydrogen (secondary N) is 1. The molecule has 0 unspecified atom stereocenters. The monoisotopic (exact) mass is 348 g/mol. The first-order valence-electron chi connectivity index (χ1n) is 9.54. The summed E-state index contributed by atoms with van der Waals surface area (Å²) >= 11 is 0. The van der Waals surface area contributed by atoms with Gasteiger partial charge in [0.2, 0.25) is 5.95 Å². The van der Waals surface area contributed by atoms with Crippen LogP contribution in [0.3, 0.4) is 0 Å². The van der Waals surface area contributed by atoms with Gasteiger partial charge in [0.1, 0.15) is 0 Å². The van der Waals surface area contributed by atoms with Crippen LogP contribution in [0.1, 0.15) is 59.6 Å². The van der Waals surface area contributed by atoms with Crippen molar-refractivity contribution in [1.82, 2.24) is 14.9 Å². The molecule has 0 bridgehead atoms. The summed E-state index contributed by atoms with van der Waals surface area (Å²) in [6, 6.07) is 1.99. The quantitative estimate of drug-likeness (QED) is 0.775. The van der Waals surface area contributed by atoms with Crippen LogP contribution in [0, 0.1) is 10.8 Å². The third kappa shape index (κ3) is 6.90. The summed E-state index contributed by atoms with van der Waals surface area (Å²) in [5, 5.41) is 3.45. The van der Waals surface area contributed by atoms with Gasteiger partial charge in [0.05, 0.1) is 13.2 Å². The molecule has 1 N–H and O–H groups in total. The fourth-order valence-electron chi connectivity index (χ4n) is 3.88. The molecule has 1 aromatic rings. The summed E-state index contributed by atoms with van der Waals surface area (Å²) in [6.07, 6.45) is 2.99. The normalized spacial score (nSPS) is 17.1. The van der Waals surface area contributed by atoms with Gasteiger partial charge >= 0.3 is 0 Å². The van der Waals surface area contributed by atoms with Crippen LogP contribution in [0.4, 0.5) is 5.95 Å². The van der Waals surface area contributed by atoms with Crippen molar-refractivity contribution in [3.63, 3.8) is 0 Å². The standard InChI is InChI=1S/C20H36N4O/c1-16(2)17-7-8-21-18(23-17)22-14-19(3,4)13-20(5,6)15-24-9-11-25-12-10-24/h7-8,16H,9-15H2,1-6H3,(H,21,22,23). The lowest BCUT2D eigenvalue weighted by molar-refractivity contribution is 0.0146. The topological polar surface area (TPSA) is 50.3 Å². The van der Waals surface area contributed by atoms with Gasteiger partial charge in [0.15, 0.2) is 0 Å². The Labute approximate surface area is 153 Å². The van der Waals surface area contributed by atoms with Crippen LogP contribution in [0.15, 0.2) is 12.3 Å². The van der Waals surface area contributed by atoms with Gasteiger partial charge in [-0.25, -0.2) is 9.97 Å². The second-order valence-corrected chi connectivity index (χ2v) is 9.21.